The number of methoxy groups -OCH3 is 2. The Labute approximate surface area is 167 Å². The summed E-state index contributed by atoms with van der Waals surface area (Å²) in [5.74, 6) is 1.34. The number of amides is 1. The fraction of sp³-hybridized carbons (Fsp3) is 0.435. The van der Waals surface area contributed by atoms with Crippen molar-refractivity contribution in [3.05, 3.63) is 59.2 Å². The van der Waals surface area contributed by atoms with E-state index < -0.39 is 0 Å². The molecule has 2 aromatic rings. The fourth-order valence-electron chi connectivity index (χ4n) is 3.89. The lowest BCUT2D eigenvalue weighted by atomic mass is 10.00. The minimum Gasteiger partial charge on any atom is -0.496 e. The van der Waals surface area contributed by atoms with Gasteiger partial charge in [-0.15, -0.1) is 0 Å². The molecule has 1 aliphatic heterocycles. The molecule has 0 bridgehead atoms. The van der Waals surface area contributed by atoms with Gasteiger partial charge in [0.25, 0.3) is 5.91 Å². The van der Waals surface area contributed by atoms with Crippen molar-refractivity contribution < 1.29 is 14.3 Å². The molecule has 1 amide bonds. The number of likely N-dealkylation sites (tertiary alicyclic amines) is 1. The van der Waals surface area contributed by atoms with Crippen LogP contribution in [0.4, 0.5) is 0 Å². The number of carbonyl (C=O) groups is 1. The number of ether oxygens (including phenoxy) is 2. The Balaban J connectivity index is 1.82. The standard InChI is InChI=1S/C23H30N2O3/c1-17-11-12-22(28-3)19(15-17)23(26)24-16-20(25-13-7-4-8-14-25)18-9-5-6-10-21(18)27-2/h5-6,9-12,15,20H,4,7-8,13-14,16H2,1-3H3,(H,24,26). The molecule has 3 rings (SSSR count). The van der Waals surface area contributed by atoms with E-state index in [1.807, 2.05) is 43.3 Å². The van der Waals surface area contributed by atoms with Gasteiger partial charge >= 0.3 is 0 Å². The zero-order valence-corrected chi connectivity index (χ0v) is 17.0. The Morgan fingerprint density at radius 2 is 1.75 bits per heavy atom. The number of nitrogens with zero attached hydrogens (tertiary/aromatic N) is 1. The lowest BCUT2D eigenvalue weighted by molar-refractivity contribution is 0.0920. The van der Waals surface area contributed by atoms with Crippen LogP contribution in [0.1, 0.15) is 46.8 Å². The molecule has 28 heavy (non-hydrogen) atoms. The van der Waals surface area contributed by atoms with E-state index in [0.29, 0.717) is 17.9 Å². The van der Waals surface area contributed by atoms with E-state index in [4.69, 9.17) is 9.47 Å². The van der Waals surface area contributed by atoms with Crippen LogP contribution in [0.3, 0.4) is 0 Å². The molecular weight excluding hydrogens is 352 g/mol. The zero-order chi connectivity index (χ0) is 19.9. The molecule has 2 aromatic carbocycles. The fourth-order valence-corrected chi connectivity index (χ4v) is 3.89. The van der Waals surface area contributed by atoms with Crippen LogP contribution in [0.15, 0.2) is 42.5 Å². The van der Waals surface area contributed by atoms with Gasteiger partial charge < -0.3 is 14.8 Å². The number of hydrogen-bond acceptors (Lipinski definition) is 4. The minimum absolute atomic E-state index is 0.0798. The molecule has 1 unspecified atom stereocenters. The van der Waals surface area contributed by atoms with Crippen molar-refractivity contribution >= 4 is 5.91 Å². The Morgan fingerprint density at radius 3 is 2.46 bits per heavy atom. The molecule has 5 heteroatoms. The van der Waals surface area contributed by atoms with Gasteiger partial charge in [-0.1, -0.05) is 36.2 Å². The molecule has 0 aliphatic carbocycles. The van der Waals surface area contributed by atoms with E-state index in [2.05, 4.69) is 16.3 Å². The van der Waals surface area contributed by atoms with Crippen LogP contribution in [0.5, 0.6) is 11.5 Å². The highest BCUT2D eigenvalue weighted by molar-refractivity contribution is 5.97. The van der Waals surface area contributed by atoms with Crippen molar-refractivity contribution in [3.63, 3.8) is 0 Å². The van der Waals surface area contributed by atoms with E-state index in [1.54, 1.807) is 14.2 Å². The van der Waals surface area contributed by atoms with E-state index in [1.165, 1.54) is 19.3 Å². The number of carbonyl (C=O) groups excluding carboxylic acids is 1. The summed E-state index contributed by atoms with van der Waals surface area (Å²) in [6, 6.07) is 13.8. The third kappa shape index (κ3) is 4.65. The molecule has 0 spiro atoms. The summed E-state index contributed by atoms with van der Waals surface area (Å²) in [6.07, 6.45) is 3.64. The second-order valence-corrected chi connectivity index (χ2v) is 7.27. The largest absolute Gasteiger partial charge is 0.496 e. The molecule has 5 nitrogen and oxygen atoms in total. The van der Waals surface area contributed by atoms with E-state index in [0.717, 1.165) is 30.0 Å². The van der Waals surface area contributed by atoms with Crippen molar-refractivity contribution in [2.45, 2.75) is 32.2 Å². The number of hydrogen-bond donors (Lipinski definition) is 1. The lowest BCUT2D eigenvalue weighted by Gasteiger charge is -2.35. The predicted molar refractivity (Wildman–Crippen MR) is 111 cm³/mol. The van der Waals surface area contributed by atoms with Gasteiger partial charge in [0.2, 0.25) is 0 Å². The predicted octanol–water partition coefficient (Wildman–Crippen LogP) is 3.97. The van der Waals surface area contributed by atoms with Gasteiger partial charge in [0.15, 0.2) is 0 Å². The van der Waals surface area contributed by atoms with E-state index in [9.17, 15) is 4.79 Å². The first kappa shape index (κ1) is 20.2. The quantitative estimate of drug-likeness (QED) is 0.787. The van der Waals surface area contributed by atoms with Gasteiger partial charge in [0.1, 0.15) is 11.5 Å². The second-order valence-electron chi connectivity index (χ2n) is 7.27. The van der Waals surface area contributed by atoms with Gasteiger partial charge in [-0.3, -0.25) is 9.69 Å². The minimum atomic E-state index is -0.113. The average molecular weight is 383 g/mol. The van der Waals surface area contributed by atoms with Crippen LogP contribution in [0.25, 0.3) is 0 Å². The normalized spacial score (nSPS) is 15.7. The molecule has 150 valence electrons. The van der Waals surface area contributed by atoms with Gasteiger partial charge in [0.05, 0.1) is 25.8 Å². The number of nitrogens with one attached hydrogen (secondary N) is 1. The number of para-hydroxylation sites is 1. The molecular formula is C23H30N2O3. The van der Waals surface area contributed by atoms with Gasteiger partial charge in [0, 0.05) is 12.1 Å². The topological polar surface area (TPSA) is 50.8 Å². The number of piperidine rings is 1. The summed E-state index contributed by atoms with van der Waals surface area (Å²) in [6.45, 7) is 4.57. The SMILES string of the molecule is COc1ccc(C)cc1C(=O)NCC(c1ccccc1OC)N1CCCCC1. The highest BCUT2D eigenvalue weighted by Gasteiger charge is 2.26. The summed E-state index contributed by atoms with van der Waals surface area (Å²) < 4.78 is 11.0. The van der Waals surface area contributed by atoms with Crippen molar-refractivity contribution in [2.75, 3.05) is 33.9 Å². The van der Waals surface area contributed by atoms with Crippen LogP contribution in [-0.2, 0) is 0 Å². The first-order valence-electron chi connectivity index (χ1n) is 9.94. The summed E-state index contributed by atoms with van der Waals surface area (Å²) in [4.78, 5) is 15.4. The zero-order valence-electron chi connectivity index (χ0n) is 17.0. The number of rotatable bonds is 7. The molecule has 0 saturated carbocycles. The number of aryl methyl sites for hydroxylation is 1. The summed E-state index contributed by atoms with van der Waals surface area (Å²) in [5.41, 5.74) is 2.71. The van der Waals surface area contributed by atoms with E-state index >= 15 is 0 Å². The third-order valence-corrected chi connectivity index (χ3v) is 5.38. The maximum absolute atomic E-state index is 12.9. The van der Waals surface area contributed by atoms with Gasteiger partial charge in [-0.25, -0.2) is 0 Å². The molecule has 1 atom stereocenters. The van der Waals surface area contributed by atoms with Crippen molar-refractivity contribution in [1.82, 2.24) is 10.2 Å². The van der Waals surface area contributed by atoms with Crippen LogP contribution in [0, 0.1) is 6.92 Å². The molecule has 0 aromatic heterocycles. The second kappa shape index (κ2) is 9.60. The molecule has 0 radical (unpaired) electrons. The maximum atomic E-state index is 12.9. The van der Waals surface area contributed by atoms with Crippen LogP contribution >= 0.6 is 0 Å². The number of benzene rings is 2. The smallest absolute Gasteiger partial charge is 0.255 e. The van der Waals surface area contributed by atoms with Crippen LogP contribution < -0.4 is 14.8 Å². The lowest BCUT2D eigenvalue weighted by Crippen LogP contribution is -2.40. The van der Waals surface area contributed by atoms with Crippen molar-refractivity contribution in [2.24, 2.45) is 0 Å². The molecule has 1 aliphatic rings. The molecule has 1 N–H and O–H groups in total. The first-order chi connectivity index (χ1) is 13.6. The maximum Gasteiger partial charge on any atom is 0.255 e. The molecule has 1 fully saturated rings. The Hall–Kier alpha value is -2.53. The molecule has 1 heterocycles. The first-order valence-corrected chi connectivity index (χ1v) is 9.94. The van der Waals surface area contributed by atoms with Gasteiger partial charge in [-0.2, -0.15) is 0 Å². The van der Waals surface area contributed by atoms with Crippen LogP contribution in [-0.4, -0.2) is 44.7 Å². The Morgan fingerprint density at radius 1 is 1.04 bits per heavy atom. The van der Waals surface area contributed by atoms with Crippen molar-refractivity contribution in [3.8, 4) is 11.5 Å². The average Bonchev–Trinajstić information content (AvgIpc) is 2.74. The summed E-state index contributed by atoms with van der Waals surface area (Å²) in [5, 5.41) is 3.13. The monoisotopic (exact) mass is 382 g/mol. The molecule has 1 saturated heterocycles. The van der Waals surface area contributed by atoms with E-state index in [-0.39, 0.29) is 11.9 Å². The Bertz CT molecular complexity index is 800. The van der Waals surface area contributed by atoms with Gasteiger partial charge in [-0.05, 0) is 51.1 Å². The Kier molecular flexibility index (Phi) is 6.93. The van der Waals surface area contributed by atoms with Crippen molar-refractivity contribution in [1.29, 1.82) is 0 Å². The highest BCUT2D eigenvalue weighted by Crippen LogP contribution is 2.31. The highest BCUT2D eigenvalue weighted by atomic mass is 16.5. The summed E-state index contributed by atoms with van der Waals surface area (Å²) in [7, 11) is 3.29. The summed E-state index contributed by atoms with van der Waals surface area (Å²) >= 11 is 0. The van der Waals surface area contributed by atoms with Crippen LogP contribution in [0.2, 0.25) is 0 Å². The third-order valence-electron chi connectivity index (χ3n) is 5.38.